The van der Waals surface area contributed by atoms with Crippen LogP contribution in [0.3, 0.4) is 0 Å². The van der Waals surface area contributed by atoms with Gasteiger partial charge >= 0.3 is 0 Å². The topological polar surface area (TPSA) is 61.8 Å². The molecule has 7 heteroatoms. The fraction of sp³-hybridized carbons (Fsp3) is 0.294. The number of hydrogen-bond donors (Lipinski definition) is 0. The molecule has 0 saturated carbocycles. The Balaban J connectivity index is 2.08. The van der Waals surface area contributed by atoms with E-state index < -0.39 is 16.2 Å². The number of rotatable bonds is 4. The minimum atomic E-state index is -3.83. The molecule has 5 nitrogen and oxygen atoms in total. The van der Waals surface area contributed by atoms with Crippen LogP contribution in [0.25, 0.3) is 0 Å². The Hall–Kier alpha value is -1.76. The van der Waals surface area contributed by atoms with Gasteiger partial charge in [0.15, 0.2) is 11.5 Å². The van der Waals surface area contributed by atoms with Gasteiger partial charge in [-0.25, -0.2) is 0 Å². The first-order valence-electron chi connectivity index (χ1n) is 7.30. The molecular weight excluding hydrogens is 352 g/mol. The molecule has 0 saturated heterocycles. The van der Waals surface area contributed by atoms with Crippen molar-refractivity contribution in [3.05, 3.63) is 52.0 Å². The molecular formula is C17H17ClO5S. The lowest BCUT2D eigenvalue weighted by molar-refractivity contribution is 0.225. The molecule has 0 spiro atoms. The predicted molar refractivity (Wildman–Crippen MR) is 90.5 cm³/mol. The molecule has 1 aliphatic heterocycles. The van der Waals surface area contributed by atoms with E-state index in [1.807, 2.05) is 6.92 Å². The summed E-state index contributed by atoms with van der Waals surface area (Å²) in [6, 6.07) is 8.55. The molecule has 3 rings (SSSR count). The van der Waals surface area contributed by atoms with Crippen LogP contribution in [-0.4, -0.2) is 22.6 Å². The van der Waals surface area contributed by atoms with E-state index in [2.05, 4.69) is 4.18 Å². The summed E-state index contributed by atoms with van der Waals surface area (Å²) in [5.74, 6) is 1.12. The van der Waals surface area contributed by atoms with Crippen molar-refractivity contribution in [3.8, 4) is 11.5 Å². The van der Waals surface area contributed by atoms with Crippen molar-refractivity contribution in [2.75, 3.05) is 14.2 Å². The third kappa shape index (κ3) is 2.97. The summed E-state index contributed by atoms with van der Waals surface area (Å²) in [6.07, 6.45) is 0.0503. The van der Waals surface area contributed by atoms with Crippen molar-refractivity contribution in [2.45, 2.75) is 24.3 Å². The molecule has 1 aliphatic rings. The third-order valence-electron chi connectivity index (χ3n) is 3.98. The molecule has 1 atom stereocenters. The van der Waals surface area contributed by atoms with Gasteiger partial charge < -0.3 is 9.47 Å². The van der Waals surface area contributed by atoms with Gasteiger partial charge in [0.05, 0.1) is 14.2 Å². The number of ether oxygens (including phenoxy) is 2. The zero-order valence-electron chi connectivity index (χ0n) is 13.5. The average Bonchev–Trinajstić information content (AvgIpc) is 2.97. The second-order valence-corrected chi connectivity index (χ2v) is 7.69. The highest BCUT2D eigenvalue weighted by Gasteiger charge is 2.32. The highest BCUT2D eigenvalue weighted by Crippen LogP contribution is 2.45. The molecule has 0 bridgehead atoms. The van der Waals surface area contributed by atoms with E-state index in [0.717, 1.165) is 18.2 Å². The number of aryl methyl sites for hydroxylation is 1. The second-order valence-electron chi connectivity index (χ2n) is 5.57. The minimum absolute atomic E-state index is 0.110. The van der Waals surface area contributed by atoms with Crippen LogP contribution >= 0.6 is 11.6 Å². The van der Waals surface area contributed by atoms with Crippen molar-refractivity contribution in [1.29, 1.82) is 0 Å². The van der Waals surface area contributed by atoms with Crippen LogP contribution in [0.1, 0.15) is 22.8 Å². The first kappa shape index (κ1) is 17.1. The van der Waals surface area contributed by atoms with E-state index in [4.69, 9.17) is 21.1 Å². The number of halogens is 1. The summed E-state index contributed by atoms with van der Waals surface area (Å²) < 4.78 is 40.4. The van der Waals surface area contributed by atoms with Crippen LogP contribution in [0, 0.1) is 6.92 Å². The lowest BCUT2D eigenvalue weighted by atomic mass is 10.0. The summed E-state index contributed by atoms with van der Waals surface area (Å²) >= 11 is 6.10. The number of hydrogen-bond acceptors (Lipinski definition) is 5. The Kier molecular flexibility index (Phi) is 4.46. The SMILES string of the molecule is COc1cc(Cl)cc2c1OC(c1cc(C)ccc1S(=O)(=O)OC)C2. The summed E-state index contributed by atoms with van der Waals surface area (Å²) in [5, 5.41) is 0.545. The molecule has 0 aliphatic carbocycles. The summed E-state index contributed by atoms with van der Waals surface area (Å²) in [7, 11) is -1.15. The van der Waals surface area contributed by atoms with Crippen molar-refractivity contribution < 1.29 is 22.1 Å². The van der Waals surface area contributed by atoms with Crippen LogP contribution in [0.5, 0.6) is 11.5 Å². The van der Waals surface area contributed by atoms with Gasteiger partial charge in [-0.15, -0.1) is 0 Å². The minimum Gasteiger partial charge on any atom is -0.493 e. The highest BCUT2D eigenvalue weighted by molar-refractivity contribution is 7.86. The number of methoxy groups -OCH3 is 1. The molecule has 128 valence electrons. The largest absolute Gasteiger partial charge is 0.493 e. The Morgan fingerprint density at radius 2 is 1.96 bits per heavy atom. The van der Waals surface area contributed by atoms with E-state index in [-0.39, 0.29) is 4.90 Å². The molecule has 2 aromatic carbocycles. The Bertz CT molecular complexity index is 892. The number of fused-ring (bicyclic) bond motifs is 1. The van der Waals surface area contributed by atoms with Crippen LogP contribution in [-0.2, 0) is 20.7 Å². The van der Waals surface area contributed by atoms with Gasteiger partial charge in [0.25, 0.3) is 10.1 Å². The Morgan fingerprint density at radius 1 is 1.21 bits per heavy atom. The molecule has 0 N–H and O–H groups in total. The Morgan fingerprint density at radius 3 is 2.62 bits per heavy atom. The van der Waals surface area contributed by atoms with Gasteiger partial charge in [0.2, 0.25) is 0 Å². The highest BCUT2D eigenvalue weighted by atomic mass is 35.5. The van der Waals surface area contributed by atoms with Gasteiger partial charge in [0, 0.05) is 28.6 Å². The van der Waals surface area contributed by atoms with Crippen LogP contribution in [0.15, 0.2) is 35.2 Å². The van der Waals surface area contributed by atoms with Gasteiger partial charge in [0.1, 0.15) is 11.0 Å². The summed E-state index contributed by atoms with van der Waals surface area (Å²) in [4.78, 5) is 0.110. The lowest BCUT2D eigenvalue weighted by Crippen LogP contribution is -2.12. The number of benzene rings is 2. The average molecular weight is 369 g/mol. The monoisotopic (exact) mass is 368 g/mol. The van der Waals surface area contributed by atoms with Gasteiger partial charge in [-0.05, 0) is 19.1 Å². The Labute approximate surface area is 146 Å². The smallest absolute Gasteiger partial charge is 0.297 e. The maximum Gasteiger partial charge on any atom is 0.297 e. The van der Waals surface area contributed by atoms with Crippen molar-refractivity contribution in [3.63, 3.8) is 0 Å². The molecule has 0 amide bonds. The summed E-state index contributed by atoms with van der Waals surface area (Å²) in [5.41, 5.74) is 2.38. The van der Waals surface area contributed by atoms with Crippen LogP contribution in [0.2, 0.25) is 5.02 Å². The fourth-order valence-electron chi connectivity index (χ4n) is 2.85. The first-order valence-corrected chi connectivity index (χ1v) is 9.08. The standard InChI is InChI=1S/C17H17ClO5S/c1-10-4-5-16(24(19,20)22-3)13(6-10)14-8-11-7-12(18)9-15(21-2)17(11)23-14/h4-7,9,14H,8H2,1-3H3. The van der Waals surface area contributed by atoms with Gasteiger partial charge in [-0.2, -0.15) is 8.42 Å². The zero-order valence-corrected chi connectivity index (χ0v) is 15.1. The van der Waals surface area contributed by atoms with E-state index in [9.17, 15) is 8.42 Å². The molecule has 2 aromatic rings. The maximum absolute atomic E-state index is 12.2. The molecule has 0 radical (unpaired) electrons. The lowest BCUT2D eigenvalue weighted by Gasteiger charge is -2.16. The second kappa shape index (κ2) is 6.27. The third-order valence-corrected chi connectivity index (χ3v) is 5.55. The fourth-order valence-corrected chi connectivity index (χ4v) is 3.98. The van der Waals surface area contributed by atoms with E-state index in [1.54, 1.807) is 30.3 Å². The van der Waals surface area contributed by atoms with Crippen molar-refractivity contribution in [1.82, 2.24) is 0 Å². The van der Waals surface area contributed by atoms with Gasteiger partial charge in [-0.1, -0.05) is 29.3 Å². The van der Waals surface area contributed by atoms with Crippen LogP contribution in [0.4, 0.5) is 0 Å². The van der Waals surface area contributed by atoms with Crippen molar-refractivity contribution in [2.24, 2.45) is 0 Å². The van der Waals surface area contributed by atoms with Crippen molar-refractivity contribution >= 4 is 21.7 Å². The quantitative estimate of drug-likeness (QED) is 0.770. The van der Waals surface area contributed by atoms with E-state index in [1.165, 1.54) is 7.11 Å². The van der Waals surface area contributed by atoms with Crippen LogP contribution < -0.4 is 9.47 Å². The predicted octanol–water partition coefficient (Wildman–Crippen LogP) is 3.67. The molecule has 1 heterocycles. The molecule has 24 heavy (non-hydrogen) atoms. The normalized spacial score (nSPS) is 16.6. The zero-order chi connectivity index (χ0) is 17.5. The maximum atomic E-state index is 12.2. The van der Waals surface area contributed by atoms with Gasteiger partial charge in [-0.3, -0.25) is 4.18 Å². The molecule has 0 aromatic heterocycles. The van der Waals surface area contributed by atoms with E-state index in [0.29, 0.717) is 28.5 Å². The van der Waals surface area contributed by atoms with E-state index >= 15 is 0 Å². The molecule has 0 fully saturated rings. The summed E-state index contributed by atoms with van der Waals surface area (Å²) in [6.45, 7) is 1.90. The molecule has 1 unspecified atom stereocenters. The first-order chi connectivity index (χ1) is 11.4.